The Morgan fingerprint density at radius 1 is 1.24 bits per heavy atom. The van der Waals surface area contributed by atoms with Gasteiger partial charge in [0, 0.05) is 43.4 Å². The Kier molecular flexibility index (Phi) is 7.86. The van der Waals surface area contributed by atoms with Gasteiger partial charge in [0.2, 0.25) is 10.0 Å². The number of fused-ring (bicyclic) bond motifs is 1. The van der Waals surface area contributed by atoms with Gasteiger partial charge in [0.1, 0.15) is 30.0 Å². The van der Waals surface area contributed by atoms with Gasteiger partial charge in [0.05, 0.1) is 36.1 Å². The zero-order valence-electron chi connectivity index (χ0n) is 21.5. The molecule has 1 aliphatic heterocycles. The fourth-order valence-corrected chi connectivity index (χ4v) is 7.14. The van der Waals surface area contributed by atoms with Crippen LogP contribution in [0.2, 0.25) is 0 Å². The summed E-state index contributed by atoms with van der Waals surface area (Å²) in [5.41, 5.74) is 0.0205. The number of alkyl halides is 2. The molecular weight excluding hydrogens is 540 g/mol. The second kappa shape index (κ2) is 10.5. The molecule has 1 aliphatic rings. The summed E-state index contributed by atoms with van der Waals surface area (Å²) in [6.07, 6.45) is 3.31. The quantitative estimate of drug-likeness (QED) is 0.397. The van der Waals surface area contributed by atoms with Gasteiger partial charge in [-0.1, -0.05) is 18.2 Å². The number of aryl methyl sites for hydroxylation is 1. The van der Waals surface area contributed by atoms with E-state index in [-0.39, 0.29) is 5.56 Å². The largest absolute Gasteiger partial charge is 0.363 e. The SMILES string of the molecule is Cc1nc(N[C@H](C)c2cccc(C(F)(F)CN(C)S(C)(=O)=O)c2F)c2cc(P3(=O)CCNCC3)ncc2n1. The van der Waals surface area contributed by atoms with E-state index in [0.29, 0.717) is 57.7 Å². The van der Waals surface area contributed by atoms with Crippen molar-refractivity contribution in [2.24, 2.45) is 0 Å². The zero-order valence-corrected chi connectivity index (χ0v) is 23.2. The van der Waals surface area contributed by atoms with Crippen molar-refractivity contribution < 1.29 is 26.2 Å². The van der Waals surface area contributed by atoms with Crippen LogP contribution in [-0.4, -0.2) is 72.9 Å². The predicted octanol–water partition coefficient (Wildman–Crippen LogP) is 3.22. The Bertz CT molecular complexity index is 1510. The second-order valence-electron chi connectivity index (χ2n) is 9.56. The monoisotopic (exact) mass is 570 g/mol. The summed E-state index contributed by atoms with van der Waals surface area (Å²) in [4.78, 5) is 13.3. The number of benzene rings is 1. The predicted molar refractivity (Wildman–Crippen MR) is 142 cm³/mol. The molecule has 4 rings (SSSR count). The van der Waals surface area contributed by atoms with Crippen molar-refractivity contribution in [3.63, 3.8) is 0 Å². The number of hydrogen-bond acceptors (Lipinski definition) is 8. The smallest absolute Gasteiger partial charge is 0.289 e. The Labute approximate surface area is 219 Å². The first-order valence-corrected chi connectivity index (χ1v) is 15.9. The van der Waals surface area contributed by atoms with Crippen LogP contribution in [0.15, 0.2) is 30.5 Å². The van der Waals surface area contributed by atoms with E-state index in [1.165, 1.54) is 18.3 Å². The Morgan fingerprint density at radius 2 is 1.92 bits per heavy atom. The average molecular weight is 571 g/mol. The van der Waals surface area contributed by atoms with Gasteiger partial charge in [0.15, 0.2) is 0 Å². The third-order valence-corrected chi connectivity index (χ3v) is 10.9. The van der Waals surface area contributed by atoms with Crippen molar-refractivity contribution in [1.82, 2.24) is 24.6 Å². The van der Waals surface area contributed by atoms with Gasteiger partial charge in [-0.15, -0.1) is 0 Å². The van der Waals surface area contributed by atoms with Crippen molar-refractivity contribution in [1.29, 1.82) is 0 Å². The number of nitrogens with one attached hydrogen (secondary N) is 2. The van der Waals surface area contributed by atoms with Gasteiger partial charge in [-0.3, -0.25) is 4.98 Å². The molecule has 2 N–H and O–H groups in total. The molecule has 0 amide bonds. The molecule has 1 saturated heterocycles. The Hall–Kier alpha value is -2.60. The third kappa shape index (κ3) is 5.85. The Morgan fingerprint density at radius 3 is 2.58 bits per heavy atom. The molecule has 38 heavy (non-hydrogen) atoms. The van der Waals surface area contributed by atoms with Gasteiger partial charge < -0.3 is 15.2 Å². The minimum Gasteiger partial charge on any atom is -0.363 e. The van der Waals surface area contributed by atoms with Crippen LogP contribution >= 0.6 is 7.14 Å². The van der Waals surface area contributed by atoms with Crippen molar-refractivity contribution >= 4 is 39.3 Å². The van der Waals surface area contributed by atoms with E-state index in [0.717, 1.165) is 19.4 Å². The lowest BCUT2D eigenvalue weighted by atomic mass is 10.00. The first kappa shape index (κ1) is 28.4. The van der Waals surface area contributed by atoms with E-state index < -0.39 is 47.1 Å². The summed E-state index contributed by atoms with van der Waals surface area (Å²) in [7, 11) is -5.57. The highest BCUT2D eigenvalue weighted by Gasteiger charge is 2.39. The molecule has 2 aromatic heterocycles. The van der Waals surface area contributed by atoms with Crippen LogP contribution in [0.4, 0.5) is 19.0 Å². The van der Waals surface area contributed by atoms with E-state index in [9.17, 15) is 21.8 Å². The Balaban J connectivity index is 1.69. The third-order valence-electron chi connectivity index (χ3n) is 6.63. The molecule has 0 saturated carbocycles. The number of likely N-dealkylation sites (N-methyl/N-ethyl adjacent to an activating group) is 1. The lowest BCUT2D eigenvalue weighted by Gasteiger charge is -2.25. The maximum Gasteiger partial charge on any atom is 0.289 e. The summed E-state index contributed by atoms with van der Waals surface area (Å²) < 4.78 is 82.6. The molecule has 1 fully saturated rings. The molecule has 3 aromatic rings. The highest BCUT2D eigenvalue weighted by Crippen LogP contribution is 2.44. The number of anilines is 1. The summed E-state index contributed by atoms with van der Waals surface area (Å²) in [6, 6.07) is 4.51. The highest BCUT2D eigenvalue weighted by molar-refractivity contribution is 7.88. The number of hydrogen-bond donors (Lipinski definition) is 2. The van der Waals surface area contributed by atoms with E-state index in [1.807, 2.05) is 0 Å². The molecule has 9 nitrogen and oxygen atoms in total. The molecule has 206 valence electrons. The maximum absolute atomic E-state index is 15.4. The highest BCUT2D eigenvalue weighted by atomic mass is 32.2. The van der Waals surface area contributed by atoms with Crippen LogP contribution in [0.3, 0.4) is 0 Å². The van der Waals surface area contributed by atoms with E-state index in [4.69, 9.17) is 0 Å². The fourth-order valence-electron chi connectivity index (χ4n) is 4.39. The first-order valence-electron chi connectivity index (χ1n) is 12.0. The van der Waals surface area contributed by atoms with Crippen LogP contribution in [0, 0.1) is 12.7 Å². The lowest BCUT2D eigenvalue weighted by molar-refractivity contribution is -0.0203. The second-order valence-corrected chi connectivity index (χ2v) is 14.8. The topological polar surface area (TPSA) is 117 Å². The molecular formula is C24H30F3N6O3PS. The molecule has 0 spiro atoms. The average Bonchev–Trinajstić information content (AvgIpc) is 2.83. The number of pyridine rings is 1. The van der Waals surface area contributed by atoms with E-state index >= 15 is 4.39 Å². The van der Waals surface area contributed by atoms with Crippen LogP contribution in [0.25, 0.3) is 10.9 Å². The molecule has 0 bridgehead atoms. The van der Waals surface area contributed by atoms with Gasteiger partial charge >= 0.3 is 0 Å². The normalized spacial score (nSPS) is 17.1. The summed E-state index contributed by atoms with van der Waals surface area (Å²) in [6.45, 7) is 3.34. The first-order chi connectivity index (χ1) is 17.7. The van der Waals surface area contributed by atoms with Crippen LogP contribution in [0.5, 0.6) is 0 Å². The maximum atomic E-state index is 15.4. The van der Waals surface area contributed by atoms with Crippen molar-refractivity contribution in [3.8, 4) is 0 Å². The number of halogens is 3. The van der Waals surface area contributed by atoms with Crippen molar-refractivity contribution in [2.45, 2.75) is 25.8 Å². The van der Waals surface area contributed by atoms with Gasteiger partial charge in [-0.2, -0.15) is 13.1 Å². The molecule has 0 aliphatic carbocycles. The van der Waals surface area contributed by atoms with Crippen LogP contribution in [0.1, 0.15) is 29.9 Å². The van der Waals surface area contributed by atoms with Crippen molar-refractivity contribution in [2.75, 3.05) is 50.6 Å². The molecule has 0 radical (unpaired) electrons. The molecule has 0 unspecified atom stereocenters. The molecule has 14 heteroatoms. The van der Waals surface area contributed by atoms with Gasteiger partial charge in [0.25, 0.3) is 5.92 Å². The number of rotatable bonds is 8. The zero-order chi connectivity index (χ0) is 27.9. The van der Waals surface area contributed by atoms with Crippen LogP contribution < -0.4 is 16.1 Å². The molecule has 1 atom stereocenters. The molecule has 1 aromatic carbocycles. The fraction of sp³-hybridized carbons (Fsp3) is 0.458. The van der Waals surface area contributed by atoms with E-state index in [2.05, 4.69) is 25.6 Å². The lowest BCUT2D eigenvalue weighted by Crippen LogP contribution is -2.36. The van der Waals surface area contributed by atoms with Gasteiger partial charge in [-0.25, -0.2) is 22.8 Å². The van der Waals surface area contributed by atoms with Crippen LogP contribution in [-0.2, 0) is 20.5 Å². The minimum absolute atomic E-state index is 0.0472. The standard InChI is InChI=1S/C24H30F3N6O3PS/c1-15(17-6-5-7-19(22(17)25)24(26,27)14-33(3)38(4,35)36)30-23-18-12-21(37(34)10-8-28-9-11-37)29-13-20(18)31-16(2)32-23/h5-7,12-13,15,28H,8-11,14H2,1-4H3,(H,30,31,32)/t15-/m1/s1. The summed E-state index contributed by atoms with van der Waals surface area (Å²) in [5.74, 6) is -4.16. The van der Waals surface area contributed by atoms with Crippen molar-refractivity contribution in [3.05, 3.63) is 53.2 Å². The number of sulfonamides is 1. The van der Waals surface area contributed by atoms with E-state index in [1.54, 1.807) is 19.9 Å². The minimum atomic E-state index is -3.89. The summed E-state index contributed by atoms with van der Waals surface area (Å²) >= 11 is 0. The molecule has 3 heterocycles. The summed E-state index contributed by atoms with van der Waals surface area (Å²) in [5, 5.41) is 6.83. The number of nitrogens with zero attached hydrogens (tertiary/aromatic N) is 4. The van der Waals surface area contributed by atoms with Gasteiger partial charge in [-0.05, 0) is 19.9 Å². The number of aromatic nitrogens is 3.